The van der Waals surface area contributed by atoms with E-state index in [4.69, 9.17) is 0 Å². The van der Waals surface area contributed by atoms with E-state index < -0.39 is 0 Å². The summed E-state index contributed by atoms with van der Waals surface area (Å²) in [6.07, 6.45) is 1.66. The van der Waals surface area contributed by atoms with Gasteiger partial charge in [-0.2, -0.15) is 0 Å². The van der Waals surface area contributed by atoms with E-state index >= 15 is 0 Å². The summed E-state index contributed by atoms with van der Waals surface area (Å²) in [5, 5.41) is 0. The third-order valence-corrected chi connectivity index (χ3v) is 5.03. The summed E-state index contributed by atoms with van der Waals surface area (Å²) in [6.45, 7) is 4.29. The van der Waals surface area contributed by atoms with Crippen molar-refractivity contribution in [3.8, 4) is 0 Å². The van der Waals surface area contributed by atoms with Crippen LogP contribution >= 0.6 is 0 Å². The number of carbonyl (C=O) groups excluding carboxylic acids is 1. The minimum Gasteiger partial charge on any atom is -0.337 e. The third-order valence-electron chi connectivity index (χ3n) is 5.03. The molecule has 124 valence electrons. The molecular weight excluding hydrogens is 305 g/mol. The molecule has 0 bridgehead atoms. The van der Waals surface area contributed by atoms with Crippen molar-refractivity contribution in [3.05, 3.63) is 65.7 Å². The first kappa shape index (κ1) is 15.3. The van der Waals surface area contributed by atoms with Crippen molar-refractivity contribution in [1.82, 2.24) is 14.8 Å². The lowest BCUT2D eigenvalue weighted by atomic mass is 10.0. The maximum absolute atomic E-state index is 13.3. The van der Waals surface area contributed by atoms with E-state index in [1.165, 1.54) is 6.07 Å². The first-order valence-corrected chi connectivity index (χ1v) is 8.36. The van der Waals surface area contributed by atoms with E-state index in [-0.39, 0.29) is 11.7 Å². The van der Waals surface area contributed by atoms with Gasteiger partial charge in [0.05, 0.1) is 0 Å². The minimum atomic E-state index is -0.181. The molecule has 24 heavy (non-hydrogen) atoms. The Morgan fingerprint density at radius 2 is 1.88 bits per heavy atom. The van der Waals surface area contributed by atoms with Crippen molar-refractivity contribution >= 4 is 5.91 Å². The van der Waals surface area contributed by atoms with Gasteiger partial charge in [-0.15, -0.1) is 0 Å². The Bertz CT molecular complexity index is 722. The molecule has 2 aliphatic heterocycles. The molecule has 1 aromatic heterocycles. The van der Waals surface area contributed by atoms with Crippen molar-refractivity contribution in [2.24, 2.45) is 11.8 Å². The monoisotopic (exact) mass is 325 g/mol. The van der Waals surface area contributed by atoms with Gasteiger partial charge in [-0.1, -0.05) is 18.2 Å². The van der Waals surface area contributed by atoms with Crippen LogP contribution in [0.15, 0.2) is 48.7 Å². The molecule has 1 aromatic carbocycles. The summed E-state index contributed by atoms with van der Waals surface area (Å²) in [5.41, 5.74) is 1.53. The molecule has 1 amide bonds. The predicted octanol–water partition coefficient (Wildman–Crippen LogP) is 2.42. The number of benzene rings is 1. The number of likely N-dealkylation sites (tertiary alicyclic amines) is 2. The first-order chi connectivity index (χ1) is 11.7. The van der Waals surface area contributed by atoms with Gasteiger partial charge in [0.25, 0.3) is 5.91 Å². The predicted molar refractivity (Wildman–Crippen MR) is 88.8 cm³/mol. The van der Waals surface area contributed by atoms with Crippen molar-refractivity contribution in [1.29, 1.82) is 0 Å². The van der Waals surface area contributed by atoms with Crippen LogP contribution in [-0.2, 0) is 6.54 Å². The molecule has 2 aliphatic rings. The van der Waals surface area contributed by atoms with Gasteiger partial charge < -0.3 is 4.90 Å². The van der Waals surface area contributed by atoms with Crippen LogP contribution in [0.25, 0.3) is 0 Å². The molecule has 0 saturated carbocycles. The second-order valence-electron chi connectivity index (χ2n) is 6.77. The van der Waals surface area contributed by atoms with Gasteiger partial charge in [0, 0.05) is 38.9 Å². The number of fused-ring (bicyclic) bond motifs is 1. The fourth-order valence-electron chi connectivity index (χ4n) is 3.93. The van der Waals surface area contributed by atoms with E-state index in [0.29, 0.717) is 17.5 Å². The number of hydrogen-bond donors (Lipinski definition) is 0. The van der Waals surface area contributed by atoms with E-state index in [2.05, 4.69) is 9.88 Å². The quantitative estimate of drug-likeness (QED) is 0.870. The average molecular weight is 325 g/mol. The van der Waals surface area contributed by atoms with Crippen LogP contribution in [0.4, 0.5) is 4.39 Å². The Labute approximate surface area is 140 Å². The molecule has 2 atom stereocenters. The van der Waals surface area contributed by atoms with Gasteiger partial charge in [0.15, 0.2) is 0 Å². The minimum absolute atomic E-state index is 0.0293. The second-order valence-corrected chi connectivity index (χ2v) is 6.77. The maximum Gasteiger partial charge on any atom is 0.272 e. The third kappa shape index (κ3) is 3.04. The summed E-state index contributed by atoms with van der Waals surface area (Å²) in [5.74, 6) is 0.859. The molecule has 2 saturated heterocycles. The molecular formula is C19H20FN3O. The van der Waals surface area contributed by atoms with Crippen molar-refractivity contribution in [3.63, 3.8) is 0 Å². The summed E-state index contributed by atoms with van der Waals surface area (Å²) < 4.78 is 13.3. The van der Waals surface area contributed by atoms with Crippen LogP contribution in [0.2, 0.25) is 0 Å². The molecule has 4 nitrogen and oxygen atoms in total. The summed E-state index contributed by atoms with van der Waals surface area (Å²) in [7, 11) is 0. The highest BCUT2D eigenvalue weighted by Crippen LogP contribution is 2.32. The summed E-state index contributed by atoms with van der Waals surface area (Å²) in [6, 6.07) is 12.2. The average Bonchev–Trinajstić information content (AvgIpc) is 3.13. The number of aromatic nitrogens is 1. The Hall–Kier alpha value is -2.27. The highest BCUT2D eigenvalue weighted by molar-refractivity contribution is 5.92. The van der Waals surface area contributed by atoms with Gasteiger partial charge in [0.2, 0.25) is 0 Å². The van der Waals surface area contributed by atoms with Crippen LogP contribution in [0, 0.1) is 17.7 Å². The topological polar surface area (TPSA) is 36.4 Å². The van der Waals surface area contributed by atoms with Crippen molar-refractivity contribution in [2.75, 3.05) is 26.2 Å². The van der Waals surface area contributed by atoms with Gasteiger partial charge >= 0.3 is 0 Å². The van der Waals surface area contributed by atoms with Gasteiger partial charge in [-0.05, 0) is 41.7 Å². The number of halogens is 1. The lowest BCUT2D eigenvalue weighted by Crippen LogP contribution is -2.33. The zero-order valence-corrected chi connectivity index (χ0v) is 13.4. The normalized spacial score (nSPS) is 23.5. The van der Waals surface area contributed by atoms with Crippen molar-refractivity contribution in [2.45, 2.75) is 6.54 Å². The Balaban J connectivity index is 1.36. The SMILES string of the molecule is O=C(c1ccccn1)N1C[C@H]2CN(Cc3cccc(F)c3)C[C@@H]2C1. The zero-order chi connectivity index (χ0) is 16.5. The highest BCUT2D eigenvalue weighted by Gasteiger charge is 2.41. The number of amides is 1. The van der Waals surface area contributed by atoms with Crippen LogP contribution in [0.5, 0.6) is 0 Å². The van der Waals surface area contributed by atoms with E-state index in [1.807, 2.05) is 23.1 Å². The molecule has 0 unspecified atom stereocenters. The maximum atomic E-state index is 13.3. The van der Waals surface area contributed by atoms with Crippen LogP contribution in [-0.4, -0.2) is 46.9 Å². The lowest BCUT2D eigenvalue weighted by Gasteiger charge is -2.21. The summed E-state index contributed by atoms with van der Waals surface area (Å²) in [4.78, 5) is 21.0. The Kier molecular flexibility index (Phi) is 4.02. The number of carbonyl (C=O) groups is 1. The van der Waals surface area contributed by atoms with Crippen LogP contribution < -0.4 is 0 Å². The van der Waals surface area contributed by atoms with Crippen molar-refractivity contribution < 1.29 is 9.18 Å². The van der Waals surface area contributed by atoms with E-state index in [0.717, 1.165) is 38.3 Å². The van der Waals surface area contributed by atoms with Gasteiger partial charge in [-0.25, -0.2) is 4.39 Å². The Morgan fingerprint density at radius 3 is 2.54 bits per heavy atom. The highest BCUT2D eigenvalue weighted by atomic mass is 19.1. The lowest BCUT2D eigenvalue weighted by molar-refractivity contribution is 0.0767. The molecule has 4 rings (SSSR count). The van der Waals surface area contributed by atoms with E-state index in [9.17, 15) is 9.18 Å². The van der Waals surface area contributed by atoms with Gasteiger partial charge in [-0.3, -0.25) is 14.7 Å². The fourth-order valence-corrected chi connectivity index (χ4v) is 3.93. The zero-order valence-electron chi connectivity index (χ0n) is 13.4. The van der Waals surface area contributed by atoms with Gasteiger partial charge in [0.1, 0.15) is 11.5 Å². The number of pyridine rings is 1. The van der Waals surface area contributed by atoms with Crippen LogP contribution in [0.3, 0.4) is 0 Å². The molecule has 0 spiro atoms. The molecule has 3 heterocycles. The molecule has 0 radical (unpaired) electrons. The first-order valence-electron chi connectivity index (χ1n) is 8.36. The van der Waals surface area contributed by atoms with E-state index in [1.54, 1.807) is 24.4 Å². The molecule has 2 aromatic rings. The Morgan fingerprint density at radius 1 is 1.08 bits per heavy atom. The van der Waals surface area contributed by atoms with Crippen LogP contribution in [0.1, 0.15) is 16.1 Å². The number of rotatable bonds is 3. The standard InChI is InChI=1S/C19H20FN3O/c20-17-5-3-4-14(8-17)9-22-10-15-12-23(13-16(15)11-22)19(24)18-6-1-2-7-21-18/h1-8,15-16H,9-13H2/t15-,16-/m1/s1. The molecule has 2 fully saturated rings. The fraction of sp³-hybridized carbons (Fsp3) is 0.368. The molecule has 0 aliphatic carbocycles. The summed E-state index contributed by atoms with van der Waals surface area (Å²) >= 11 is 0. The number of nitrogens with zero attached hydrogens (tertiary/aromatic N) is 3. The largest absolute Gasteiger partial charge is 0.337 e. The molecule has 0 N–H and O–H groups in total. The molecule has 5 heteroatoms. The number of hydrogen-bond acceptors (Lipinski definition) is 3. The second kappa shape index (κ2) is 6.32. The smallest absolute Gasteiger partial charge is 0.272 e.